The van der Waals surface area contributed by atoms with Crippen molar-refractivity contribution in [2.75, 3.05) is 5.32 Å². The molecule has 0 bridgehead atoms. The van der Waals surface area contributed by atoms with Gasteiger partial charge < -0.3 is 5.32 Å². The van der Waals surface area contributed by atoms with Gasteiger partial charge in [0.2, 0.25) is 5.91 Å². The fraction of sp³-hybridized carbons (Fsp3) is 0.304. The van der Waals surface area contributed by atoms with E-state index < -0.39 is 5.41 Å². The van der Waals surface area contributed by atoms with E-state index in [1.807, 2.05) is 50.3 Å². The first-order valence-corrected chi connectivity index (χ1v) is 10.1. The molecule has 1 saturated carbocycles. The highest BCUT2D eigenvalue weighted by atomic mass is 35.5. The molecule has 2 aliphatic rings. The van der Waals surface area contributed by atoms with Crippen LogP contribution in [0.25, 0.3) is 0 Å². The van der Waals surface area contributed by atoms with Gasteiger partial charge >= 0.3 is 0 Å². The third-order valence-electron chi connectivity index (χ3n) is 6.27. The molecule has 1 amide bonds. The van der Waals surface area contributed by atoms with E-state index in [1.165, 1.54) is 0 Å². The first-order valence-electron chi connectivity index (χ1n) is 9.39. The lowest BCUT2D eigenvalue weighted by atomic mass is 9.54. The van der Waals surface area contributed by atoms with Gasteiger partial charge in [-0.2, -0.15) is 0 Å². The number of carbonyl (C=O) groups excluding carboxylic acids is 2. The van der Waals surface area contributed by atoms with Crippen molar-refractivity contribution in [3.8, 4) is 0 Å². The smallest absolute Gasteiger partial charge is 0.236 e. The maximum Gasteiger partial charge on any atom is 0.236 e. The highest BCUT2D eigenvalue weighted by Crippen LogP contribution is 2.58. The summed E-state index contributed by atoms with van der Waals surface area (Å²) in [4.78, 5) is 26.4. The Labute approximate surface area is 174 Å². The van der Waals surface area contributed by atoms with E-state index in [0.717, 1.165) is 22.4 Å². The number of hydrogen-bond acceptors (Lipinski definition) is 2. The summed E-state index contributed by atoms with van der Waals surface area (Å²) in [5.74, 6) is -0.426. The number of ketones is 1. The first kappa shape index (κ1) is 19.2. The van der Waals surface area contributed by atoms with Gasteiger partial charge in [0.15, 0.2) is 0 Å². The number of hydrogen-bond donors (Lipinski definition) is 1. The SMILES string of the molecule is CC=C(C)C1CC(=O)CC(c2cccc(Cl)c2)C12C(=O)Nc1cc(Cl)ccc12. The summed E-state index contributed by atoms with van der Waals surface area (Å²) in [5.41, 5.74) is 2.72. The van der Waals surface area contributed by atoms with Gasteiger partial charge in [0, 0.05) is 40.4 Å². The zero-order valence-electron chi connectivity index (χ0n) is 15.8. The lowest BCUT2D eigenvalue weighted by Crippen LogP contribution is -2.51. The number of halogens is 2. The van der Waals surface area contributed by atoms with Crippen LogP contribution in [0.5, 0.6) is 0 Å². The van der Waals surface area contributed by atoms with Gasteiger partial charge in [-0.05, 0) is 49.2 Å². The molecule has 0 saturated heterocycles. The second-order valence-electron chi connectivity index (χ2n) is 7.65. The number of carbonyl (C=O) groups is 2. The van der Waals surface area contributed by atoms with Crippen LogP contribution in [-0.4, -0.2) is 11.7 Å². The zero-order valence-corrected chi connectivity index (χ0v) is 17.3. The van der Waals surface area contributed by atoms with Crippen LogP contribution in [0, 0.1) is 5.92 Å². The van der Waals surface area contributed by atoms with Crippen molar-refractivity contribution in [2.45, 2.75) is 38.0 Å². The minimum atomic E-state index is -0.866. The predicted octanol–water partition coefficient (Wildman–Crippen LogP) is 5.91. The molecule has 144 valence electrons. The van der Waals surface area contributed by atoms with Crippen molar-refractivity contribution < 1.29 is 9.59 Å². The topological polar surface area (TPSA) is 46.2 Å². The molecule has 1 aliphatic carbocycles. The van der Waals surface area contributed by atoms with Gasteiger partial charge in [-0.3, -0.25) is 9.59 Å². The van der Waals surface area contributed by atoms with Crippen molar-refractivity contribution in [3.63, 3.8) is 0 Å². The third kappa shape index (κ3) is 2.80. The molecule has 1 fully saturated rings. The zero-order chi connectivity index (χ0) is 20.1. The van der Waals surface area contributed by atoms with E-state index in [-0.39, 0.29) is 23.5 Å². The Morgan fingerprint density at radius 2 is 1.86 bits per heavy atom. The normalized spacial score (nSPS) is 27.1. The van der Waals surface area contributed by atoms with Gasteiger partial charge in [0.1, 0.15) is 5.78 Å². The number of nitrogens with one attached hydrogen (secondary N) is 1. The largest absolute Gasteiger partial charge is 0.325 e. The Morgan fingerprint density at radius 1 is 1.11 bits per heavy atom. The third-order valence-corrected chi connectivity index (χ3v) is 6.74. The standard InChI is InChI=1S/C23H21Cl2NO2/c1-3-13(2)19-11-17(27)12-20(14-5-4-6-15(24)9-14)23(19)18-8-7-16(25)10-21(18)26-22(23)28/h3-10,19-20H,11-12H2,1-2H3,(H,26,28). The van der Waals surface area contributed by atoms with Gasteiger partial charge in [-0.1, -0.05) is 53.1 Å². The van der Waals surface area contributed by atoms with Crippen LogP contribution in [0.15, 0.2) is 54.1 Å². The van der Waals surface area contributed by atoms with Crippen LogP contribution in [0.2, 0.25) is 10.0 Å². The second-order valence-corrected chi connectivity index (χ2v) is 8.53. The molecule has 3 atom stereocenters. The van der Waals surface area contributed by atoms with Gasteiger partial charge in [0.25, 0.3) is 0 Å². The van der Waals surface area contributed by atoms with Crippen molar-refractivity contribution in [1.29, 1.82) is 0 Å². The molecular weight excluding hydrogens is 393 g/mol. The molecule has 1 N–H and O–H groups in total. The predicted molar refractivity (Wildman–Crippen MR) is 113 cm³/mol. The summed E-state index contributed by atoms with van der Waals surface area (Å²) < 4.78 is 0. The van der Waals surface area contributed by atoms with Crippen molar-refractivity contribution in [2.24, 2.45) is 5.92 Å². The van der Waals surface area contributed by atoms with Crippen LogP contribution in [0.3, 0.4) is 0 Å². The van der Waals surface area contributed by atoms with Crippen molar-refractivity contribution >= 4 is 40.6 Å². The van der Waals surface area contributed by atoms with E-state index in [2.05, 4.69) is 5.32 Å². The molecule has 2 aromatic carbocycles. The molecule has 2 aromatic rings. The number of anilines is 1. The molecule has 5 heteroatoms. The molecule has 1 aliphatic heterocycles. The average molecular weight is 414 g/mol. The Balaban J connectivity index is 2.02. The average Bonchev–Trinajstić information content (AvgIpc) is 2.94. The Bertz CT molecular complexity index is 1010. The summed E-state index contributed by atoms with van der Waals surface area (Å²) in [6, 6.07) is 13.0. The van der Waals surface area contributed by atoms with E-state index in [9.17, 15) is 9.59 Å². The lowest BCUT2D eigenvalue weighted by Gasteiger charge is -2.46. The summed E-state index contributed by atoms with van der Waals surface area (Å²) in [5, 5.41) is 4.21. The minimum absolute atomic E-state index is 0.0755. The number of Topliss-reactive ketones (excluding diaryl/α,β-unsaturated/α-hetero) is 1. The maximum absolute atomic E-state index is 13.6. The fourth-order valence-corrected chi connectivity index (χ4v) is 5.32. The van der Waals surface area contributed by atoms with Crippen LogP contribution < -0.4 is 5.32 Å². The molecule has 4 rings (SSSR count). The van der Waals surface area contributed by atoms with Crippen LogP contribution in [0.1, 0.15) is 43.7 Å². The Morgan fingerprint density at radius 3 is 2.57 bits per heavy atom. The van der Waals surface area contributed by atoms with E-state index in [1.54, 1.807) is 12.1 Å². The first-order chi connectivity index (χ1) is 13.4. The van der Waals surface area contributed by atoms with E-state index >= 15 is 0 Å². The fourth-order valence-electron chi connectivity index (χ4n) is 4.95. The van der Waals surface area contributed by atoms with Crippen LogP contribution in [-0.2, 0) is 15.0 Å². The van der Waals surface area contributed by atoms with Crippen molar-refractivity contribution in [1.82, 2.24) is 0 Å². The maximum atomic E-state index is 13.6. The monoisotopic (exact) mass is 413 g/mol. The summed E-state index contributed by atoms with van der Waals surface area (Å²) >= 11 is 12.5. The number of benzene rings is 2. The molecule has 1 heterocycles. The van der Waals surface area contributed by atoms with E-state index in [0.29, 0.717) is 22.9 Å². The van der Waals surface area contributed by atoms with Gasteiger partial charge in [-0.15, -0.1) is 0 Å². The van der Waals surface area contributed by atoms with Crippen LogP contribution in [0.4, 0.5) is 5.69 Å². The molecule has 3 nitrogen and oxygen atoms in total. The number of allylic oxidation sites excluding steroid dienone is 2. The molecule has 0 aromatic heterocycles. The summed E-state index contributed by atoms with van der Waals surface area (Å²) in [7, 11) is 0. The number of amides is 1. The highest BCUT2D eigenvalue weighted by molar-refractivity contribution is 6.31. The second kappa shape index (κ2) is 7.06. The molecular formula is C23H21Cl2NO2. The Hall–Kier alpha value is -2.10. The number of rotatable bonds is 2. The lowest BCUT2D eigenvalue weighted by molar-refractivity contribution is -0.130. The molecule has 3 unspecified atom stereocenters. The molecule has 28 heavy (non-hydrogen) atoms. The molecule has 1 spiro atoms. The molecule has 0 radical (unpaired) electrons. The van der Waals surface area contributed by atoms with Crippen molar-refractivity contribution in [3.05, 3.63) is 75.3 Å². The minimum Gasteiger partial charge on any atom is -0.325 e. The van der Waals surface area contributed by atoms with Crippen LogP contribution >= 0.6 is 23.2 Å². The summed E-state index contributed by atoms with van der Waals surface area (Å²) in [6.45, 7) is 3.95. The summed E-state index contributed by atoms with van der Waals surface area (Å²) in [6.07, 6.45) is 2.66. The highest BCUT2D eigenvalue weighted by Gasteiger charge is 2.60. The number of fused-ring (bicyclic) bond motifs is 2. The van der Waals surface area contributed by atoms with Gasteiger partial charge in [0.05, 0.1) is 5.41 Å². The van der Waals surface area contributed by atoms with Gasteiger partial charge in [-0.25, -0.2) is 0 Å². The van der Waals surface area contributed by atoms with E-state index in [4.69, 9.17) is 23.2 Å². The Kier molecular flexibility index (Phi) is 4.84. The quantitative estimate of drug-likeness (QED) is 0.621.